The zero-order chi connectivity index (χ0) is 16.6. The van der Waals surface area contributed by atoms with Crippen LogP contribution in [-0.4, -0.2) is 25.2 Å². The number of hydrogen-bond donors (Lipinski definition) is 1. The maximum absolute atomic E-state index is 12.0. The largest absolute Gasteiger partial charge is 0.496 e. The molecule has 0 aliphatic rings. The van der Waals surface area contributed by atoms with Gasteiger partial charge in [0.2, 0.25) is 0 Å². The molecule has 1 aromatic heterocycles. The molecule has 0 saturated carbocycles. The number of esters is 1. The van der Waals surface area contributed by atoms with E-state index < -0.39 is 0 Å². The van der Waals surface area contributed by atoms with Gasteiger partial charge in [-0.2, -0.15) is 0 Å². The number of carbonyl (C=O) groups is 1. The number of nitrogens with one attached hydrogen (secondary N) is 1. The molecule has 4 nitrogen and oxygen atoms in total. The first kappa shape index (κ1) is 15.6. The molecule has 118 valence electrons. The number of aryl methyl sites for hydroxylation is 1. The maximum atomic E-state index is 12.0. The Labute approximate surface area is 142 Å². The number of ether oxygens (including phenoxy) is 2. The summed E-state index contributed by atoms with van der Waals surface area (Å²) >= 11 is 3.44. The van der Waals surface area contributed by atoms with Crippen molar-refractivity contribution in [1.29, 1.82) is 0 Å². The van der Waals surface area contributed by atoms with Crippen LogP contribution in [0.3, 0.4) is 0 Å². The van der Waals surface area contributed by atoms with Crippen LogP contribution >= 0.6 is 15.9 Å². The molecule has 0 aliphatic carbocycles. The van der Waals surface area contributed by atoms with Crippen LogP contribution in [0.2, 0.25) is 0 Å². The van der Waals surface area contributed by atoms with E-state index in [9.17, 15) is 4.79 Å². The van der Waals surface area contributed by atoms with E-state index in [1.807, 2.05) is 43.3 Å². The molecule has 0 unspecified atom stereocenters. The van der Waals surface area contributed by atoms with Gasteiger partial charge in [0.15, 0.2) is 0 Å². The molecule has 0 radical (unpaired) electrons. The quantitative estimate of drug-likeness (QED) is 0.676. The van der Waals surface area contributed by atoms with Crippen molar-refractivity contribution in [2.45, 2.75) is 6.92 Å². The summed E-state index contributed by atoms with van der Waals surface area (Å²) < 4.78 is 11.4. The van der Waals surface area contributed by atoms with Gasteiger partial charge in [-0.25, -0.2) is 4.79 Å². The summed E-state index contributed by atoms with van der Waals surface area (Å²) in [7, 11) is 3.01. The van der Waals surface area contributed by atoms with E-state index in [2.05, 4.69) is 20.9 Å². The number of aromatic nitrogens is 1. The van der Waals surface area contributed by atoms with Crippen molar-refractivity contribution in [3.63, 3.8) is 0 Å². The van der Waals surface area contributed by atoms with E-state index in [1.54, 1.807) is 7.11 Å². The highest BCUT2D eigenvalue weighted by Gasteiger charge is 2.19. The molecule has 1 N–H and O–H groups in total. The van der Waals surface area contributed by atoms with Crippen LogP contribution in [0.1, 0.15) is 16.1 Å². The van der Waals surface area contributed by atoms with Gasteiger partial charge in [-0.05, 0) is 36.8 Å². The Morgan fingerprint density at radius 2 is 1.83 bits per heavy atom. The topological polar surface area (TPSA) is 51.3 Å². The summed E-state index contributed by atoms with van der Waals surface area (Å²) in [5.41, 5.74) is 4.20. The number of H-pyrrole nitrogens is 1. The molecule has 1 heterocycles. The third-order valence-electron chi connectivity index (χ3n) is 3.85. The van der Waals surface area contributed by atoms with Crippen LogP contribution in [0, 0.1) is 6.92 Å². The fourth-order valence-electron chi connectivity index (χ4n) is 2.75. The monoisotopic (exact) mass is 373 g/mol. The zero-order valence-electron chi connectivity index (χ0n) is 13.1. The minimum atomic E-state index is -0.354. The van der Waals surface area contributed by atoms with Gasteiger partial charge in [-0.3, -0.25) is 0 Å². The molecule has 5 heteroatoms. The second-order valence-electron chi connectivity index (χ2n) is 5.22. The van der Waals surface area contributed by atoms with Crippen LogP contribution in [-0.2, 0) is 4.74 Å². The number of rotatable bonds is 3. The Balaban J connectivity index is 2.25. The molecular weight excluding hydrogens is 358 g/mol. The number of carbonyl (C=O) groups excluding carboxylic acids is 1. The van der Waals surface area contributed by atoms with Gasteiger partial charge in [0.05, 0.1) is 19.8 Å². The molecule has 3 aromatic rings. The van der Waals surface area contributed by atoms with Crippen molar-refractivity contribution >= 4 is 32.8 Å². The zero-order valence-corrected chi connectivity index (χ0v) is 14.7. The van der Waals surface area contributed by atoms with Gasteiger partial charge >= 0.3 is 5.97 Å². The summed E-state index contributed by atoms with van der Waals surface area (Å²) in [6.07, 6.45) is 0. The van der Waals surface area contributed by atoms with Crippen molar-refractivity contribution in [2.24, 2.45) is 0 Å². The summed E-state index contributed by atoms with van der Waals surface area (Å²) in [4.78, 5) is 15.3. The average molecular weight is 374 g/mol. The van der Waals surface area contributed by atoms with E-state index in [0.29, 0.717) is 11.3 Å². The SMILES string of the molecule is COC(=O)c1c(C)[nH]c2cc(-c3ccc(Br)cc3)c(OC)cc12. The predicted octanol–water partition coefficient (Wildman–Crippen LogP) is 4.70. The van der Waals surface area contributed by atoms with Crippen LogP contribution in [0.4, 0.5) is 0 Å². The second kappa shape index (κ2) is 6.08. The number of fused-ring (bicyclic) bond motifs is 1. The maximum Gasteiger partial charge on any atom is 0.340 e. The fourth-order valence-corrected chi connectivity index (χ4v) is 3.01. The fraction of sp³-hybridized carbons (Fsp3) is 0.167. The average Bonchev–Trinajstić information content (AvgIpc) is 2.88. The van der Waals surface area contributed by atoms with Gasteiger partial charge in [-0.1, -0.05) is 28.1 Å². The summed E-state index contributed by atoms with van der Waals surface area (Å²) in [6, 6.07) is 11.9. The van der Waals surface area contributed by atoms with Crippen molar-refractivity contribution in [3.8, 4) is 16.9 Å². The Bertz CT molecular complexity index is 881. The molecule has 0 amide bonds. The summed E-state index contributed by atoms with van der Waals surface area (Å²) in [5, 5.41) is 0.798. The lowest BCUT2D eigenvalue weighted by Gasteiger charge is -2.10. The minimum absolute atomic E-state index is 0.354. The normalized spacial score (nSPS) is 10.8. The highest BCUT2D eigenvalue weighted by molar-refractivity contribution is 9.10. The third kappa shape index (κ3) is 2.72. The molecule has 3 rings (SSSR count). The Morgan fingerprint density at radius 1 is 1.13 bits per heavy atom. The first-order valence-electron chi connectivity index (χ1n) is 7.09. The van der Waals surface area contributed by atoms with Crippen molar-refractivity contribution in [3.05, 3.63) is 52.1 Å². The summed E-state index contributed by atoms with van der Waals surface area (Å²) in [6.45, 7) is 1.86. The number of methoxy groups -OCH3 is 2. The number of benzene rings is 2. The third-order valence-corrected chi connectivity index (χ3v) is 4.38. The second-order valence-corrected chi connectivity index (χ2v) is 6.14. The molecule has 0 aliphatic heterocycles. The van der Waals surface area contributed by atoms with Gasteiger partial charge in [0, 0.05) is 26.6 Å². The molecule has 0 saturated heterocycles. The Morgan fingerprint density at radius 3 is 2.43 bits per heavy atom. The van der Waals surface area contributed by atoms with Crippen LogP contribution < -0.4 is 4.74 Å². The van der Waals surface area contributed by atoms with Crippen molar-refractivity contribution < 1.29 is 14.3 Å². The Kier molecular flexibility index (Phi) is 4.13. The molecule has 0 atom stereocenters. The lowest BCUT2D eigenvalue weighted by Crippen LogP contribution is -2.02. The highest BCUT2D eigenvalue weighted by atomic mass is 79.9. The van der Waals surface area contributed by atoms with Gasteiger partial charge in [-0.15, -0.1) is 0 Å². The van der Waals surface area contributed by atoms with E-state index in [1.165, 1.54) is 7.11 Å². The Hall–Kier alpha value is -2.27. The molecule has 2 aromatic carbocycles. The lowest BCUT2D eigenvalue weighted by atomic mass is 10.0. The molecule has 0 fully saturated rings. The molecule has 0 bridgehead atoms. The minimum Gasteiger partial charge on any atom is -0.496 e. The van der Waals surface area contributed by atoms with E-state index >= 15 is 0 Å². The van der Waals surface area contributed by atoms with E-state index in [4.69, 9.17) is 9.47 Å². The number of hydrogen-bond acceptors (Lipinski definition) is 3. The van der Waals surface area contributed by atoms with Gasteiger partial charge < -0.3 is 14.5 Å². The molecule has 23 heavy (non-hydrogen) atoms. The first-order valence-corrected chi connectivity index (χ1v) is 7.89. The number of halogens is 1. The highest BCUT2D eigenvalue weighted by Crippen LogP contribution is 2.36. The van der Waals surface area contributed by atoms with Crippen LogP contribution in [0.5, 0.6) is 5.75 Å². The molecular formula is C18H16BrNO3. The lowest BCUT2D eigenvalue weighted by molar-refractivity contribution is 0.0602. The summed E-state index contributed by atoms with van der Waals surface area (Å²) in [5.74, 6) is 0.358. The van der Waals surface area contributed by atoms with Gasteiger partial charge in [0.25, 0.3) is 0 Å². The molecule has 0 spiro atoms. The van der Waals surface area contributed by atoms with E-state index in [-0.39, 0.29) is 5.97 Å². The first-order chi connectivity index (χ1) is 11.0. The van der Waals surface area contributed by atoms with E-state index in [0.717, 1.165) is 32.2 Å². The van der Waals surface area contributed by atoms with Crippen LogP contribution in [0.25, 0.3) is 22.0 Å². The van der Waals surface area contributed by atoms with Crippen molar-refractivity contribution in [2.75, 3.05) is 14.2 Å². The smallest absolute Gasteiger partial charge is 0.340 e. The standard InChI is InChI=1S/C18H16BrNO3/c1-10-17(18(21)23-3)14-9-16(22-2)13(8-15(14)20-10)11-4-6-12(19)7-5-11/h4-9,20H,1-3H3. The number of aromatic amines is 1. The predicted molar refractivity (Wildman–Crippen MR) is 94.1 cm³/mol. The van der Waals surface area contributed by atoms with Crippen LogP contribution in [0.15, 0.2) is 40.9 Å². The van der Waals surface area contributed by atoms with Gasteiger partial charge in [0.1, 0.15) is 5.75 Å². The van der Waals surface area contributed by atoms with Crippen molar-refractivity contribution in [1.82, 2.24) is 4.98 Å².